The monoisotopic (exact) mass is 350 g/mol. The quantitative estimate of drug-likeness (QED) is 0.821. The summed E-state index contributed by atoms with van der Waals surface area (Å²) in [5, 5.41) is 13.9. The second kappa shape index (κ2) is 7.11. The van der Waals surface area contributed by atoms with Crippen molar-refractivity contribution in [3.8, 4) is 0 Å². The zero-order valence-electron chi connectivity index (χ0n) is 13.6. The standard InChI is InChI=1S/C18H23ClN2O3/c19-14-8-6-13(7-9-14)15(22)12-21-16(23)18(20-17(21)24)10-4-2-1-3-5-11-18/h6-9,15,22H,1-5,10-12H2,(H,20,24). The van der Waals surface area contributed by atoms with Crippen LogP contribution in [0.5, 0.6) is 0 Å². The van der Waals surface area contributed by atoms with Crippen molar-refractivity contribution in [1.82, 2.24) is 10.2 Å². The molecule has 2 N–H and O–H groups in total. The van der Waals surface area contributed by atoms with Crippen LogP contribution in [0.25, 0.3) is 0 Å². The van der Waals surface area contributed by atoms with E-state index in [1.165, 1.54) is 11.3 Å². The van der Waals surface area contributed by atoms with Gasteiger partial charge >= 0.3 is 6.03 Å². The fourth-order valence-corrected chi connectivity index (χ4v) is 3.78. The zero-order chi connectivity index (χ0) is 17.2. The van der Waals surface area contributed by atoms with Gasteiger partial charge in [0.05, 0.1) is 12.6 Å². The van der Waals surface area contributed by atoms with Crippen molar-refractivity contribution in [2.75, 3.05) is 6.54 Å². The molecule has 24 heavy (non-hydrogen) atoms. The molecule has 1 saturated heterocycles. The summed E-state index contributed by atoms with van der Waals surface area (Å²) in [7, 11) is 0. The van der Waals surface area contributed by atoms with Crippen LogP contribution in [0, 0.1) is 0 Å². The van der Waals surface area contributed by atoms with Crippen LogP contribution in [0.15, 0.2) is 24.3 Å². The van der Waals surface area contributed by atoms with Gasteiger partial charge in [-0.3, -0.25) is 9.69 Å². The van der Waals surface area contributed by atoms with Crippen molar-refractivity contribution < 1.29 is 14.7 Å². The summed E-state index contributed by atoms with van der Waals surface area (Å²) < 4.78 is 0. The minimum Gasteiger partial charge on any atom is -0.387 e. The van der Waals surface area contributed by atoms with E-state index in [1.807, 2.05) is 0 Å². The lowest BCUT2D eigenvalue weighted by Gasteiger charge is -2.28. The largest absolute Gasteiger partial charge is 0.387 e. The van der Waals surface area contributed by atoms with Crippen molar-refractivity contribution in [3.05, 3.63) is 34.9 Å². The third kappa shape index (κ3) is 3.42. The van der Waals surface area contributed by atoms with Crippen LogP contribution in [-0.2, 0) is 4.79 Å². The van der Waals surface area contributed by atoms with Crippen LogP contribution in [0.1, 0.15) is 56.6 Å². The van der Waals surface area contributed by atoms with Crippen molar-refractivity contribution in [1.29, 1.82) is 0 Å². The maximum atomic E-state index is 12.9. The van der Waals surface area contributed by atoms with Gasteiger partial charge in [0.2, 0.25) is 0 Å². The van der Waals surface area contributed by atoms with Gasteiger partial charge in [-0.05, 0) is 30.5 Å². The molecule has 1 aromatic carbocycles. The highest BCUT2D eigenvalue weighted by atomic mass is 35.5. The lowest BCUT2D eigenvalue weighted by molar-refractivity contribution is -0.133. The number of benzene rings is 1. The highest BCUT2D eigenvalue weighted by molar-refractivity contribution is 6.30. The summed E-state index contributed by atoms with van der Waals surface area (Å²) >= 11 is 5.85. The van der Waals surface area contributed by atoms with E-state index in [9.17, 15) is 14.7 Å². The molecule has 5 nitrogen and oxygen atoms in total. The van der Waals surface area contributed by atoms with E-state index in [2.05, 4.69) is 5.32 Å². The number of nitrogens with one attached hydrogen (secondary N) is 1. The highest BCUT2D eigenvalue weighted by Gasteiger charge is 2.50. The molecule has 1 saturated carbocycles. The van der Waals surface area contributed by atoms with Gasteiger partial charge in [-0.1, -0.05) is 55.8 Å². The number of carbonyl (C=O) groups is 2. The molecule has 0 radical (unpaired) electrons. The zero-order valence-corrected chi connectivity index (χ0v) is 14.4. The van der Waals surface area contributed by atoms with Crippen molar-refractivity contribution in [2.45, 2.75) is 56.6 Å². The first-order valence-corrected chi connectivity index (χ1v) is 8.97. The molecule has 2 fully saturated rings. The summed E-state index contributed by atoms with van der Waals surface area (Å²) in [4.78, 5) is 26.4. The number of nitrogens with zero attached hydrogens (tertiary/aromatic N) is 1. The topological polar surface area (TPSA) is 69.6 Å². The Balaban J connectivity index is 1.72. The first-order chi connectivity index (χ1) is 11.5. The minimum atomic E-state index is -0.916. The van der Waals surface area contributed by atoms with E-state index in [-0.39, 0.29) is 12.5 Å². The first-order valence-electron chi connectivity index (χ1n) is 8.59. The van der Waals surface area contributed by atoms with Gasteiger partial charge in [0.15, 0.2) is 0 Å². The Morgan fingerprint density at radius 1 is 1.08 bits per heavy atom. The van der Waals surface area contributed by atoms with E-state index in [0.29, 0.717) is 23.4 Å². The molecule has 3 amide bonds. The highest BCUT2D eigenvalue weighted by Crippen LogP contribution is 2.33. The van der Waals surface area contributed by atoms with E-state index < -0.39 is 17.7 Å². The Bertz CT molecular complexity index is 609. The van der Waals surface area contributed by atoms with E-state index in [0.717, 1.165) is 25.7 Å². The molecular formula is C18H23ClN2O3. The number of hydrogen-bond acceptors (Lipinski definition) is 3. The number of carbonyl (C=O) groups excluding carboxylic acids is 2. The van der Waals surface area contributed by atoms with Gasteiger partial charge in [0.25, 0.3) is 5.91 Å². The van der Waals surface area contributed by atoms with Crippen LogP contribution in [-0.4, -0.2) is 34.0 Å². The summed E-state index contributed by atoms with van der Waals surface area (Å²) in [5.74, 6) is -0.192. The summed E-state index contributed by atoms with van der Waals surface area (Å²) in [6.45, 7) is -0.0337. The molecule has 130 valence electrons. The molecule has 1 atom stereocenters. The number of aliphatic hydroxyl groups excluding tert-OH is 1. The Morgan fingerprint density at radius 2 is 1.67 bits per heavy atom. The number of imide groups is 1. The SMILES string of the molecule is O=C1NC2(CCCCCCC2)C(=O)N1CC(O)c1ccc(Cl)cc1. The predicted molar refractivity (Wildman–Crippen MR) is 91.7 cm³/mol. The molecule has 1 aliphatic heterocycles. The first kappa shape index (κ1) is 17.2. The number of hydrogen-bond donors (Lipinski definition) is 2. The molecule has 6 heteroatoms. The number of halogens is 1. The summed E-state index contributed by atoms with van der Waals surface area (Å²) in [6, 6.07) is 6.38. The van der Waals surface area contributed by atoms with Gasteiger partial charge in [-0.15, -0.1) is 0 Å². The molecule has 1 aliphatic carbocycles. The number of rotatable bonds is 3. The Labute approximate surface area is 147 Å². The number of β-amino-alcohol motifs (C(OH)–C–C–N with tert-alkyl or cyclic N) is 1. The maximum absolute atomic E-state index is 12.9. The minimum absolute atomic E-state index is 0.0337. The molecule has 0 bridgehead atoms. The average Bonchev–Trinajstić information content (AvgIpc) is 2.77. The van der Waals surface area contributed by atoms with Crippen molar-refractivity contribution in [3.63, 3.8) is 0 Å². The van der Waals surface area contributed by atoms with Gasteiger partial charge < -0.3 is 10.4 Å². The number of urea groups is 1. The Kier molecular flexibility index (Phi) is 5.11. The smallest absolute Gasteiger partial charge is 0.325 e. The Morgan fingerprint density at radius 3 is 2.29 bits per heavy atom. The second-order valence-electron chi connectivity index (χ2n) is 6.76. The van der Waals surface area contributed by atoms with Gasteiger partial charge in [0, 0.05) is 5.02 Å². The van der Waals surface area contributed by atoms with Gasteiger partial charge in [-0.25, -0.2) is 4.79 Å². The third-order valence-electron chi connectivity index (χ3n) is 5.06. The second-order valence-corrected chi connectivity index (χ2v) is 7.20. The fraction of sp³-hybridized carbons (Fsp3) is 0.556. The molecule has 1 aromatic rings. The molecular weight excluding hydrogens is 328 g/mol. The lowest BCUT2D eigenvalue weighted by Crippen LogP contribution is -2.47. The number of amides is 3. The summed E-state index contributed by atoms with van der Waals surface area (Å²) in [6.07, 6.45) is 5.73. The van der Waals surface area contributed by atoms with Crippen LogP contribution >= 0.6 is 11.6 Å². The molecule has 0 aromatic heterocycles. The normalized spacial score (nSPS) is 22.2. The lowest BCUT2D eigenvalue weighted by atomic mass is 9.84. The van der Waals surface area contributed by atoms with Crippen LogP contribution in [0.4, 0.5) is 4.79 Å². The molecule has 1 unspecified atom stereocenters. The molecule has 1 spiro atoms. The van der Waals surface area contributed by atoms with Crippen LogP contribution < -0.4 is 5.32 Å². The molecule has 1 heterocycles. The Hall–Kier alpha value is -1.59. The van der Waals surface area contributed by atoms with Crippen LogP contribution in [0.2, 0.25) is 5.02 Å². The van der Waals surface area contributed by atoms with E-state index >= 15 is 0 Å². The van der Waals surface area contributed by atoms with Crippen LogP contribution in [0.3, 0.4) is 0 Å². The van der Waals surface area contributed by atoms with E-state index in [4.69, 9.17) is 11.6 Å². The molecule has 3 rings (SSSR count). The predicted octanol–water partition coefficient (Wildman–Crippen LogP) is 3.41. The average molecular weight is 351 g/mol. The van der Waals surface area contributed by atoms with Gasteiger partial charge in [-0.2, -0.15) is 0 Å². The van der Waals surface area contributed by atoms with Gasteiger partial charge in [0.1, 0.15) is 5.54 Å². The number of aliphatic hydroxyl groups is 1. The van der Waals surface area contributed by atoms with Crippen molar-refractivity contribution >= 4 is 23.5 Å². The maximum Gasteiger partial charge on any atom is 0.325 e. The van der Waals surface area contributed by atoms with E-state index in [1.54, 1.807) is 24.3 Å². The third-order valence-corrected chi connectivity index (χ3v) is 5.32. The summed E-state index contributed by atoms with van der Waals surface area (Å²) in [5.41, 5.74) is -0.129. The fourth-order valence-electron chi connectivity index (χ4n) is 3.65. The van der Waals surface area contributed by atoms with Crippen molar-refractivity contribution in [2.24, 2.45) is 0 Å². The molecule has 2 aliphatic rings.